The van der Waals surface area contributed by atoms with Crippen molar-refractivity contribution in [3.8, 4) is 5.69 Å². The SMILES string of the molecule is Cc1cccc(-n2sc3ccccc3c2=O)c1Br. The van der Waals surface area contributed by atoms with Gasteiger partial charge in [-0.3, -0.25) is 4.79 Å². The van der Waals surface area contributed by atoms with Crippen LogP contribution in [0.15, 0.2) is 51.7 Å². The third-order valence-corrected chi connectivity index (χ3v) is 5.01. The van der Waals surface area contributed by atoms with E-state index in [1.54, 1.807) is 3.96 Å². The first kappa shape index (κ1) is 11.7. The Hall–Kier alpha value is -1.39. The number of aromatic nitrogens is 1. The van der Waals surface area contributed by atoms with Gasteiger partial charge in [-0.05, 0) is 46.6 Å². The molecule has 1 heterocycles. The molecule has 0 spiro atoms. The topological polar surface area (TPSA) is 22.0 Å². The second-order valence-electron chi connectivity index (χ2n) is 4.09. The number of fused-ring (bicyclic) bond motifs is 1. The molecule has 2 nitrogen and oxygen atoms in total. The van der Waals surface area contributed by atoms with Gasteiger partial charge in [0.25, 0.3) is 5.56 Å². The van der Waals surface area contributed by atoms with E-state index in [-0.39, 0.29) is 5.56 Å². The highest BCUT2D eigenvalue weighted by molar-refractivity contribution is 9.10. The van der Waals surface area contributed by atoms with Crippen LogP contribution in [-0.4, -0.2) is 3.96 Å². The van der Waals surface area contributed by atoms with Crippen LogP contribution in [0.4, 0.5) is 0 Å². The highest BCUT2D eigenvalue weighted by atomic mass is 79.9. The Bertz CT molecular complexity index is 788. The molecule has 0 saturated heterocycles. The summed E-state index contributed by atoms with van der Waals surface area (Å²) in [6.45, 7) is 2.02. The molecular weight excluding hydrogens is 310 g/mol. The van der Waals surface area contributed by atoms with Gasteiger partial charge in [0, 0.05) is 4.47 Å². The second kappa shape index (κ2) is 4.37. The zero-order chi connectivity index (χ0) is 12.7. The van der Waals surface area contributed by atoms with Crippen molar-refractivity contribution in [2.24, 2.45) is 0 Å². The lowest BCUT2D eigenvalue weighted by molar-refractivity contribution is 1.12. The summed E-state index contributed by atoms with van der Waals surface area (Å²) in [6.07, 6.45) is 0. The maximum atomic E-state index is 12.3. The van der Waals surface area contributed by atoms with Gasteiger partial charge in [0.15, 0.2) is 0 Å². The Morgan fingerprint density at radius 1 is 1.11 bits per heavy atom. The molecule has 1 aromatic heterocycles. The Morgan fingerprint density at radius 2 is 1.89 bits per heavy atom. The highest BCUT2D eigenvalue weighted by Gasteiger charge is 2.11. The summed E-state index contributed by atoms with van der Waals surface area (Å²) in [5.41, 5.74) is 2.07. The number of hydrogen-bond acceptors (Lipinski definition) is 2. The van der Waals surface area contributed by atoms with Gasteiger partial charge in [-0.25, -0.2) is 3.96 Å². The number of aryl methyl sites for hydroxylation is 1. The Morgan fingerprint density at radius 3 is 2.67 bits per heavy atom. The van der Waals surface area contributed by atoms with Crippen LogP contribution in [0.25, 0.3) is 15.8 Å². The summed E-state index contributed by atoms with van der Waals surface area (Å²) in [4.78, 5) is 12.3. The van der Waals surface area contributed by atoms with Crippen LogP contribution >= 0.6 is 27.5 Å². The summed E-state index contributed by atoms with van der Waals surface area (Å²) >= 11 is 5.03. The molecule has 0 N–H and O–H groups in total. The molecule has 0 unspecified atom stereocenters. The molecule has 0 aliphatic rings. The van der Waals surface area contributed by atoms with E-state index in [4.69, 9.17) is 0 Å². The van der Waals surface area contributed by atoms with Gasteiger partial charge in [-0.1, -0.05) is 35.8 Å². The van der Waals surface area contributed by atoms with Crippen LogP contribution in [0.3, 0.4) is 0 Å². The highest BCUT2D eigenvalue weighted by Crippen LogP contribution is 2.27. The van der Waals surface area contributed by atoms with Crippen molar-refractivity contribution in [1.29, 1.82) is 0 Å². The molecule has 2 aromatic carbocycles. The van der Waals surface area contributed by atoms with E-state index < -0.39 is 0 Å². The molecule has 0 aliphatic heterocycles. The third kappa shape index (κ3) is 1.72. The van der Waals surface area contributed by atoms with E-state index in [0.29, 0.717) is 0 Å². The van der Waals surface area contributed by atoms with E-state index in [0.717, 1.165) is 25.8 Å². The van der Waals surface area contributed by atoms with Crippen LogP contribution < -0.4 is 5.56 Å². The molecule has 0 aliphatic carbocycles. The molecule has 90 valence electrons. The third-order valence-electron chi connectivity index (χ3n) is 2.88. The fourth-order valence-corrected chi connectivity index (χ4v) is 3.50. The van der Waals surface area contributed by atoms with Crippen molar-refractivity contribution in [1.82, 2.24) is 3.96 Å². The zero-order valence-electron chi connectivity index (χ0n) is 9.68. The standard InChI is InChI=1S/C14H10BrNOS/c1-9-5-4-7-11(13(9)15)16-14(17)10-6-2-3-8-12(10)18-16/h2-8H,1H3. The van der Waals surface area contributed by atoms with Gasteiger partial charge in [0.1, 0.15) is 0 Å². The van der Waals surface area contributed by atoms with Crippen molar-refractivity contribution in [2.45, 2.75) is 6.92 Å². The van der Waals surface area contributed by atoms with Crippen molar-refractivity contribution in [2.75, 3.05) is 0 Å². The van der Waals surface area contributed by atoms with Crippen molar-refractivity contribution in [3.05, 3.63) is 62.9 Å². The van der Waals surface area contributed by atoms with Gasteiger partial charge in [-0.2, -0.15) is 0 Å². The van der Waals surface area contributed by atoms with Crippen LogP contribution in [0, 0.1) is 6.92 Å². The van der Waals surface area contributed by atoms with E-state index in [9.17, 15) is 4.79 Å². The fourth-order valence-electron chi connectivity index (χ4n) is 1.92. The smallest absolute Gasteiger partial charge is 0.267 e. The average Bonchev–Trinajstić information content (AvgIpc) is 2.71. The molecule has 18 heavy (non-hydrogen) atoms. The minimum Gasteiger partial charge on any atom is -0.267 e. The number of nitrogens with zero attached hydrogens (tertiary/aromatic N) is 1. The second-order valence-corrected chi connectivity index (χ2v) is 5.88. The summed E-state index contributed by atoms with van der Waals surface area (Å²) in [5, 5.41) is 0.774. The lowest BCUT2D eigenvalue weighted by Gasteiger charge is -2.05. The Labute approximate surface area is 117 Å². The van der Waals surface area contributed by atoms with Crippen LogP contribution in [0.2, 0.25) is 0 Å². The predicted octanol–water partition coefficient (Wildman–Crippen LogP) is 4.12. The number of benzene rings is 2. The minimum absolute atomic E-state index is 0.0434. The summed E-state index contributed by atoms with van der Waals surface area (Å²) in [6, 6.07) is 13.6. The Balaban J connectivity index is 2.36. The summed E-state index contributed by atoms with van der Waals surface area (Å²) in [7, 11) is 0. The predicted molar refractivity (Wildman–Crippen MR) is 79.9 cm³/mol. The minimum atomic E-state index is 0.0434. The zero-order valence-corrected chi connectivity index (χ0v) is 12.1. The molecule has 0 radical (unpaired) electrons. The van der Waals surface area contributed by atoms with Gasteiger partial charge >= 0.3 is 0 Å². The molecule has 0 amide bonds. The van der Waals surface area contributed by atoms with Crippen LogP contribution in [0.1, 0.15) is 5.56 Å². The fraction of sp³-hybridized carbons (Fsp3) is 0.0714. The van der Waals surface area contributed by atoms with Gasteiger partial charge in [-0.15, -0.1) is 0 Å². The van der Waals surface area contributed by atoms with Gasteiger partial charge in [0.2, 0.25) is 0 Å². The quantitative estimate of drug-likeness (QED) is 0.661. The van der Waals surface area contributed by atoms with E-state index >= 15 is 0 Å². The average molecular weight is 320 g/mol. The summed E-state index contributed by atoms with van der Waals surface area (Å²) < 4.78 is 3.72. The monoisotopic (exact) mass is 319 g/mol. The number of hydrogen-bond donors (Lipinski definition) is 0. The maximum Gasteiger partial charge on any atom is 0.273 e. The van der Waals surface area contributed by atoms with E-state index in [2.05, 4.69) is 15.9 Å². The summed E-state index contributed by atoms with van der Waals surface area (Å²) in [5.74, 6) is 0. The first-order chi connectivity index (χ1) is 8.68. The molecule has 0 fully saturated rings. The molecule has 0 saturated carbocycles. The maximum absolute atomic E-state index is 12.3. The molecule has 4 heteroatoms. The molecule has 0 atom stereocenters. The number of halogens is 1. The van der Waals surface area contributed by atoms with Crippen molar-refractivity contribution >= 4 is 37.5 Å². The molecule has 3 aromatic rings. The first-order valence-corrected chi connectivity index (χ1v) is 7.11. The first-order valence-electron chi connectivity index (χ1n) is 5.55. The van der Waals surface area contributed by atoms with Crippen molar-refractivity contribution < 1.29 is 0 Å². The lowest BCUT2D eigenvalue weighted by atomic mass is 10.2. The largest absolute Gasteiger partial charge is 0.273 e. The molecule has 0 bridgehead atoms. The van der Waals surface area contributed by atoms with Crippen molar-refractivity contribution in [3.63, 3.8) is 0 Å². The molecule has 3 rings (SSSR count). The van der Waals surface area contributed by atoms with Crippen LogP contribution in [0.5, 0.6) is 0 Å². The number of rotatable bonds is 1. The Kier molecular flexibility index (Phi) is 2.84. The normalized spacial score (nSPS) is 11.0. The van der Waals surface area contributed by atoms with Gasteiger partial charge in [0.05, 0.1) is 15.8 Å². The lowest BCUT2D eigenvalue weighted by Crippen LogP contribution is -2.11. The van der Waals surface area contributed by atoms with E-state index in [1.165, 1.54) is 11.5 Å². The van der Waals surface area contributed by atoms with Crippen LogP contribution in [-0.2, 0) is 0 Å². The van der Waals surface area contributed by atoms with E-state index in [1.807, 2.05) is 49.4 Å². The molecular formula is C14H10BrNOS. The van der Waals surface area contributed by atoms with Gasteiger partial charge < -0.3 is 0 Å².